The Bertz CT molecular complexity index is 513. The van der Waals surface area contributed by atoms with Crippen LogP contribution in [0.2, 0.25) is 0 Å². The van der Waals surface area contributed by atoms with Gasteiger partial charge in [-0.2, -0.15) is 0 Å². The Morgan fingerprint density at radius 2 is 2.10 bits per heavy atom. The van der Waals surface area contributed by atoms with Crippen molar-refractivity contribution >= 4 is 11.7 Å². The molecule has 1 rings (SSSR count). The summed E-state index contributed by atoms with van der Waals surface area (Å²) in [6.45, 7) is 3.45. The molecule has 0 heterocycles. The number of nitrogens with zero attached hydrogens (tertiary/aromatic N) is 1. The number of nitro groups is 1. The van der Waals surface area contributed by atoms with Crippen LogP contribution in [0.3, 0.4) is 0 Å². The highest BCUT2D eigenvalue weighted by Gasteiger charge is 2.30. The molecule has 0 unspecified atom stereocenters. The first-order chi connectivity index (χ1) is 9.31. The smallest absolute Gasteiger partial charge is 0.314 e. The van der Waals surface area contributed by atoms with Gasteiger partial charge in [0.15, 0.2) is 5.75 Å². The van der Waals surface area contributed by atoms with E-state index in [2.05, 4.69) is 4.74 Å². The van der Waals surface area contributed by atoms with Crippen molar-refractivity contribution in [1.29, 1.82) is 0 Å². The lowest BCUT2D eigenvalue weighted by Crippen LogP contribution is -2.32. The van der Waals surface area contributed by atoms with E-state index in [-0.39, 0.29) is 24.6 Å². The van der Waals surface area contributed by atoms with Gasteiger partial charge in [0, 0.05) is 12.6 Å². The Hall–Kier alpha value is -2.15. The van der Waals surface area contributed by atoms with Gasteiger partial charge in [0.05, 0.1) is 17.4 Å². The molecule has 0 spiro atoms. The maximum atomic E-state index is 11.5. The third-order valence-electron chi connectivity index (χ3n) is 2.78. The van der Waals surface area contributed by atoms with E-state index in [0.717, 1.165) is 0 Å². The zero-order valence-corrected chi connectivity index (χ0v) is 11.7. The molecule has 0 saturated carbocycles. The second-order valence-electron chi connectivity index (χ2n) is 4.93. The van der Waals surface area contributed by atoms with E-state index in [9.17, 15) is 14.9 Å². The summed E-state index contributed by atoms with van der Waals surface area (Å²) in [5, 5.41) is 11.0. The van der Waals surface area contributed by atoms with E-state index in [1.54, 1.807) is 19.9 Å². The molecule has 2 N–H and O–H groups in total. The monoisotopic (exact) mass is 282 g/mol. The number of carbonyl (C=O) groups excluding carboxylic acids is 1. The van der Waals surface area contributed by atoms with Crippen LogP contribution >= 0.6 is 0 Å². The van der Waals surface area contributed by atoms with Gasteiger partial charge in [0.1, 0.15) is 6.61 Å². The number of hydrogen-bond acceptors (Lipinski definition) is 6. The Labute approximate surface area is 116 Å². The molecule has 0 amide bonds. The third-order valence-corrected chi connectivity index (χ3v) is 2.78. The summed E-state index contributed by atoms with van der Waals surface area (Å²) in [6.07, 6.45) is 0. The normalized spacial score (nSPS) is 11.0. The predicted octanol–water partition coefficient (Wildman–Crippen LogP) is 1.63. The number of nitro benzene ring substituents is 1. The van der Waals surface area contributed by atoms with E-state index in [1.165, 1.54) is 19.2 Å². The van der Waals surface area contributed by atoms with E-state index in [1.807, 2.05) is 0 Å². The SMILES string of the molecule is COC(=O)C(C)(C)COc1ccc(CN)cc1[N+](=O)[O-]. The minimum absolute atomic E-state index is 0.0253. The van der Waals surface area contributed by atoms with Crippen LogP contribution < -0.4 is 10.5 Å². The van der Waals surface area contributed by atoms with Gasteiger partial charge in [-0.25, -0.2) is 0 Å². The van der Waals surface area contributed by atoms with Gasteiger partial charge in [-0.1, -0.05) is 6.07 Å². The number of esters is 1. The molecule has 0 aromatic heterocycles. The topological polar surface area (TPSA) is 105 Å². The van der Waals surface area contributed by atoms with Gasteiger partial charge in [-0.15, -0.1) is 0 Å². The zero-order chi connectivity index (χ0) is 15.3. The second kappa shape index (κ2) is 6.33. The third kappa shape index (κ3) is 3.67. The summed E-state index contributed by atoms with van der Waals surface area (Å²) in [7, 11) is 1.28. The van der Waals surface area contributed by atoms with Gasteiger partial charge in [-0.05, 0) is 25.5 Å². The molecular formula is C13H18N2O5. The largest absolute Gasteiger partial charge is 0.486 e. The number of ether oxygens (including phenoxy) is 2. The van der Waals surface area contributed by atoms with Gasteiger partial charge in [0.2, 0.25) is 0 Å². The summed E-state index contributed by atoms with van der Waals surface area (Å²) in [5.74, 6) is -0.345. The summed E-state index contributed by atoms with van der Waals surface area (Å²) in [4.78, 5) is 22.0. The predicted molar refractivity (Wildman–Crippen MR) is 72.3 cm³/mol. The van der Waals surface area contributed by atoms with Crippen LogP contribution in [0.25, 0.3) is 0 Å². The number of methoxy groups -OCH3 is 1. The highest BCUT2D eigenvalue weighted by Crippen LogP contribution is 2.29. The fourth-order valence-electron chi connectivity index (χ4n) is 1.55. The van der Waals surface area contributed by atoms with Crippen molar-refractivity contribution in [1.82, 2.24) is 0 Å². The van der Waals surface area contributed by atoms with Crippen LogP contribution in [-0.4, -0.2) is 24.6 Å². The first-order valence-corrected chi connectivity index (χ1v) is 6.00. The molecule has 20 heavy (non-hydrogen) atoms. The lowest BCUT2D eigenvalue weighted by Gasteiger charge is -2.21. The van der Waals surface area contributed by atoms with Gasteiger partial charge >= 0.3 is 11.7 Å². The molecular weight excluding hydrogens is 264 g/mol. The lowest BCUT2D eigenvalue weighted by atomic mass is 9.95. The minimum atomic E-state index is -0.894. The highest BCUT2D eigenvalue weighted by atomic mass is 16.6. The summed E-state index contributed by atoms with van der Waals surface area (Å²) < 4.78 is 10.1. The fraction of sp³-hybridized carbons (Fsp3) is 0.462. The Kier molecular flexibility index (Phi) is 5.04. The zero-order valence-electron chi connectivity index (χ0n) is 11.7. The number of nitrogens with two attached hydrogens (primary N) is 1. The van der Waals surface area contributed by atoms with Gasteiger partial charge in [0.25, 0.3) is 0 Å². The van der Waals surface area contributed by atoms with Crippen molar-refractivity contribution in [2.75, 3.05) is 13.7 Å². The molecule has 0 aliphatic rings. The standard InChI is InChI=1S/C13H18N2O5/c1-13(2,12(16)19-3)8-20-11-5-4-9(7-14)6-10(11)15(17)18/h4-6H,7-8,14H2,1-3H3. The molecule has 1 aromatic carbocycles. The minimum Gasteiger partial charge on any atom is -0.486 e. The van der Waals surface area contributed by atoms with E-state index >= 15 is 0 Å². The van der Waals surface area contributed by atoms with Crippen LogP contribution in [0.5, 0.6) is 5.75 Å². The molecule has 0 saturated heterocycles. The lowest BCUT2D eigenvalue weighted by molar-refractivity contribution is -0.386. The second-order valence-corrected chi connectivity index (χ2v) is 4.93. The van der Waals surface area contributed by atoms with Crippen LogP contribution in [0.4, 0.5) is 5.69 Å². The maximum Gasteiger partial charge on any atom is 0.314 e. The van der Waals surface area contributed by atoms with Crippen molar-refractivity contribution in [3.63, 3.8) is 0 Å². The quantitative estimate of drug-likeness (QED) is 0.483. The molecule has 0 atom stereocenters. The van der Waals surface area contributed by atoms with Crippen molar-refractivity contribution in [2.24, 2.45) is 11.1 Å². The molecule has 0 bridgehead atoms. The van der Waals surface area contributed by atoms with E-state index in [0.29, 0.717) is 5.56 Å². The highest BCUT2D eigenvalue weighted by molar-refractivity contribution is 5.75. The average molecular weight is 282 g/mol. The number of rotatable bonds is 6. The van der Waals surface area contributed by atoms with Gasteiger partial charge < -0.3 is 15.2 Å². The summed E-state index contributed by atoms with van der Waals surface area (Å²) >= 11 is 0. The van der Waals surface area contributed by atoms with Crippen LogP contribution in [0.15, 0.2) is 18.2 Å². The number of benzene rings is 1. The number of carbonyl (C=O) groups is 1. The average Bonchev–Trinajstić information content (AvgIpc) is 2.43. The first-order valence-electron chi connectivity index (χ1n) is 6.00. The van der Waals surface area contributed by atoms with Crippen molar-refractivity contribution in [2.45, 2.75) is 20.4 Å². The molecule has 0 aliphatic heterocycles. The molecule has 0 radical (unpaired) electrons. The molecule has 110 valence electrons. The van der Waals surface area contributed by atoms with Crippen LogP contribution in [0, 0.1) is 15.5 Å². The Morgan fingerprint density at radius 1 is 1.45 bits per heavy atom. The number of hydrogen-bond donors (Lipinski definition) is 1. The molecule has 0 fully saturated rings. The summed E-state index contributed by atoms with van der Waals surface area (Å²) in [6, 6.07) is 4.49. The van der Waals surface area contributed by atoms with E-state index < -0.39 is 16.3 Å². The Balaban J connectivity index is 2.93. The van der Waals surface area contributed by atoms with Gasteiger partial charge in [-0.3, -0.25) is 14.9 Å². The van der Waals surface area contributed by atoms with Crippen molar-refractivity contribution < 1.29 is 19.2 Å². The van der Waals surface area contributed by atoms with E-state index in [4.69, 9.17) is 10.5 Å². The molecule has 0 aliphatic carbocycles. The first kappa shape index (κ1) is 15.9. The Morgan fingerprint density at radius 3 is 2.60 bits per heavy atom. The van der Waals surface area contributed by atoms with Crippen LogP contribution in [0.1, 0.15) is 19.4 Å². The van der Waals surface area contributed by atoms with Crippen molar-refractivity contribution in [3.05, 3.63) is 33.9 Å². The van der Waals surface area contributed by atoms with Crippen molar-refractivity contribution in [3.8, 4) is 5.75 Å². The molecule has 7 heteroatoms. The molecule has 7 nitrogen and oxygen atoms in total. The molecule has 1 aromatic rings. The summed E-state index contributed by atoms with van der Waals surface area (Å²) in [5.41, 5.74) is 5.01. The maximum absolute atomic E-state index is 11.5. The van der Waals surface area contributed by atoms with Crippen LogP contribution in [-0.2, 0) is 16.1 Å². The fourth-order valence-corrected chi connectivity index (χ4v) is 1.55.